The molecule has 0 aromatic rings. The van der Waals surface area contributed by atoms with E-state index in [0.717, 1.165) is 19.4 Å². The SMILES string of the molecule is CN1CCC[C@H]1C(OCCC(=O)O)C(=O)O. The van der Waals surface area contributed by atoms with E-state index in [1.165, 1.54) is 0 Å². The van der Waals surface area contributed by atoms with Gasteiger partial charge < -0.3 is 19.8 Å². The van der Waals surface area contributed by atoms with Gasteiger partial charge in [0, 0.05) is 6.04 Å². The maximum Gasteiger partial charge on any atom is 0.334 e. The molecule has 6 heteroatoms. The predicted octanol–water partition coefficient (Wildman–Crippen LogP) is 0.0251. The van der Waals surface area contributed by atoms with Gasteiger partial charge in [-0.05, 0) is 26.4 Å². The summed E-state index contributed by atoms with van der Waals surface area (Å²) in [5.41, 5.74) is 0. The van der Waals surface area contributed by atoms with E-state index in [9.17, 15) is 9.59 Å². The van der Waals surface area contributed by atoms with Gasteiger partial charge in [0.2, 0.25) is 0 Å². The second-order valence-corrected chi connectivity index (χ2v) is 3.96. The topological polar surface area (TPSA) is 87.1 Å². The molecule has 0 radical (unpaired) electrons. The Kier molecular flexibility index (Phi) is 4.70. The van der Waals surface area contributed by atoms with E-state index in [1.54, 1.807) is 0 Å². The summed E-state index contributed by atoms with van der Waals surface area (Å²) < 4.78 is 5.15. The third kappa shape index (κ3) is 3.46. The first-order valence-corrected chi connectivity index (χ1v) is 5.29. The molecule has 0 saturated carbocycles. The van der Waals surface area contributed by atoms with Crippen molar-refractivity contribution in [1.82, 2.24) is 4.90 Å². The lowest BCUT2D eigenvalue weighted by molar-refractivity contribution is -0.156. The van der Waals surface area contributed by atoms with Crippen molar-refractivity contribution in [2.45, 2.75) is 31.4 Å². The monoisotopic (exact) mass is 231 g/mol. The molecule has 0 bridgehead atoms. The van der Waals surface area contributed by atoms with Crippen LogP contribution in [0, 0.1) is 0 Å². The summed E-state index contributed by atoms with van der Waals surface area (Å²) in [5, 5.41) is 17.5. The summed E-state index contributed by atoms with van der Waals surface area (Å²) in [7, 11) is 1.86. The van der Waals surface area contributed by atoms with Crippen LogP contribution in [-0.2, 0) is 14.3 Å². The largest absolute Gasteiger partial charge is 0.481 e. The van der Waals surface area contributed by atoms with E-state index in [2.05, 4.69) is 0 Å². The minimum Gasteiger partial charge on any atom is -0.481 e. The first-order valence-electron chi connectivity index (χ1n) is 5.29. The van der Waals surface area contributed by atoms with Crippen molar-refractivity contribution < 1.29 is 24.5 Å². The third-order valence-electron chi connectivity index (χ3n) is 2.78. The Labute approximate surface area is 93.8 Å². The van der Waals surface area contributed by atoms with Crippen LogP contribution in [0.15, 0.2) is 0 Å². The van der Waals surface area contributed by atoms with Crippen LogP contribution < -0.4 is 0 Å². The second-order valence-electron chi connectivity index (χ2n) is 3.96. The first kappa shape index (κ1) is 12.9. The van der Waals surface area contributed by atoms with Gasteiger partial charge in [-0.25, -0.2) is 4.79 Å². The van der Waals surface area contributed by atoms with Gasteiger partial charge >= 0.3 is 11.9 Å². The van der Waals surface area contributed by atoms with E-state index in [-0.39, 0.29) is 19.1 Å². The Morgan fingerprint density at radius 2 is 2.19 bits per heavy atom. The number of rotatable bonds is 6. The molecule has 1 aliphatic rings. The number of carboxylic acids is 2. The molecular weight excluding hydrogens is 214 g/mol. The highest BCUT2D eigenvalue weighted by molar-refractivity contribution is 5.73. The Morgan fingerprint density at radius 1 is 1.50 bits per heavy atom. The number of likely N-dealkylation sites (N-methyl/N-ethyl adjacent to an activating group) is 1. The Bertz CT molecular complexity index is 268. The number of hydrogen-bond acceptors (Lipinski definition) is 4. The van der Waals surface area contributed by atoms with Crippen molar-refractivity contribution in [2.24, 2.45) is 0 Å². The predicted molar refractivity (Wildman–Crippen MR) is 55.3 cm³/mol. The highest BCUT2D eigenvalue weighted by Crippen LogP contribution is 2.20. The van der Waals surface area contributed by atoms with E-state index < -0.39 is 18.0 Å². The normalized spacial score (nSPS) is 23.2. The molecule has 0 aliphatic carbocycles. The zero-order chi connectivity index (χ0) is 12.1. The molecule has 6 nitrogen and oxygen atoms in total. The van der Waals surface area contributed by atoms with E-state index in [4.69, 9.17) is 14.9 Å². The fraction of sp³-hybridized carbons (Fsp3) is 0.800. The fourth-order valence-electron chi connectivity index (χ4n) is 1.94. The molecule has 16 heavy (non-hydrogen) atoms. The molecule has 92 valence electrons. The van der Waals surface area contributed by atoms with Gasteiger partial charge in [0.15, 0.2) is 6.10 Å². The van der Waals surface area contributed by atoms with Crippen LogP contribution in [0.1, 0.15) is 19.3 Å². The number of likely N-dealkylation sites (tertiary alicyclic amines) is 1. The number of carboxylic acid groups (broad SMARTS) is 2. The quantitative estimate of drug-likeness (QED) is 0.670. The molecule has 0 aromatic carbocycles. The zero-order valence-corrected chi connectivity index (χ0v) is 9.26. The molecular formula is C10H17NO5. The third-order valence-corrected chi connectivity index (χ3v) is 2.78. The minimum atomic E-state index is -1.02. The summed E-state index contributed by atoms with van der Waals surface area (Å²) in [6, 6.07) is -0.147. The molecule has 0 aromatic heterocycles. The zero-order valence-electron chi connectivity index (χ0n) is 9.26. The molecule has 2 atom stereocenters. The van der Waals surface area contributed by atoms with Gasteiger partial charge in [-0.3, -0.25) is 4.79 Å². The van der Waals surface area contributed by atoms with Crippen LogP contribution in [0.4, 0.5) is 0 Å². The Balaban J connectivity index is 2.47. The second kappa shape index (κ2) is 5.81. The lowest BCUT2D eigenvalue weighted by Gasteiger charge is -2.25. The maximum absolute atomic E-state index is 11.0. The molecule has 1 fully saturated rings. The molecule has 2 N–H and O–H groups in total. The molecule has 1 aliphatic heterocycles. The number of carbonyl (C=O) groups is 2. The lowest BCUT2D eigenvalue weighted by atomic mass is 10.1. The summed E-state index contributed by atoms with van der Waals surface area (Å²) in [4.78, 5) is 23.3. The molecule has 1 saturated heterocycles. The highest BCUT2D eigenvalue weighted by atomic mass is 16.5. The molecule has 1 rings (SSSR count). The van der Waals surface area contributed by atoms with Crippen LogP contribution >= 0.6 is 0 Å². The van der Waals surface area contributed by atoms with Crippen LogP contribution in [0.5, 0.6) is 0 Å². The number of hydrogen-bond donors (Lipinski definition) is 2. The van der Waals surface area contributed by atoms with Crippen LogP contribution in [-0.4, -0.2) is 59.4 Å². The van der Waals surface area contributed by atoms with Gasteiger partial charge in [-0.2, -0.15) is 0 Å². The van der Waals surface area contributed by atoms with E-state index in [0.29, 0.717) is 0 Å². The van der Waals surface area contributed by atoms with Crippen molar-refractivity contribution in [2.75, 3.05) is 20.2 Å². The Hall–Kier alpha value is -1.14. The van der Waals surface area contributed by atoms with Gasteiger partial charge in [-0.1, -0.05) is 0 Å². The van der Waals surface area contributed by atoms with Crippen molar-refractivity contribution in [1.29, 1.82) is 0 Å². The summed E-state index contributed by atoms with van der Waals surface area (Å²) in [5.74, 6) is -2.01. The van der Waals surface area contributed by atoms with Gasteiger partial charge in [-0.15, -0.1) is 0 Å². The standard InChI is InChI=1S/C10H17NO5/c1-11-5-2-3-7(11)9(10(14)15)16-6-4-8(12)13/h7,9H,2-6H2,1H3,(H,12,13)(H,14,15)/t7-,9?/m0/s1. The van der Waals surface area contributed by atoms with Crippen molar-refractivity contribution in [3.63, 3.8) is 0 Å². The molecule has 1 heterocycles. The number of ether oxygens (including phenoxy) is 1. The molecule has 1 unspecified atom stereocenters. The average molecular weight is 231 g/mol. The summed E-state index contributed by atoms with van der Waals surface area (Å²) in [6.45, 7) is 0.799. The van der Waals surface area contributed by atoms with Crippen molar-refractivity contribution in [3.05, 3.63) is 0 Å². The maximum atomic E-state index is 11.0. The number of aliphatic carboxylic acids is 2. The van der Waals surface area contributed by atoms with Gasteiger partial charge in [0.25, 0.3) is 0 Å². The average Bonchev–Trinajstić information content (AvgIpc) is 2.58. The molecule has 0 spiro atoms. The Morgan fingerprint density at radius 3 is 2.62 bits per heavy atom. The van der Waals surface area contributed by atoms with Gasteiger partial charge in [0.05, 0.1) is 13.0 Å². The van der Waals surface area contributed by atoms with E-state index in [1.807, 2.05) is 11.9 Å². The molecule has 0 amide bonds. The van der Waals surface area contributed by atoms with Crippen LogP contribution in [0.25, 0.3) is 0 Å². The number of nitrogens with zero attached hydrogens (tertiary/aromatic N) is 1. The van der Waals surface area contributed by atoms with Gasteiger partial charge in [0.1, 0.15) is 0 Å². The summed E-state index contributed by atoms with van der Waals surface area (Å²) in [6.07, 6.45) is 0.639. The van der Waals surface area contributed by atoms with Crippen molar-refractivity contribution in [3.8, 4) is 0 Å². The van der Waals surface area contributed by atoms with E-state index >= 15 is 0 Å². The van der Waals surface area contributed by atoms with Crippen molar-refractivity contribution >= 4 is 11.9 Å². The highest BCUT2D eigenvalue weighted by Gasteiger charge is 2.34. The fourth-order valence-corrected chi connectivity index (χ4v) is 1.94. The first-order chi connectivity index (χ1) is 7.52. The smallest absolute Gasteiger partial charge is 0.334 e. The summed E-state index contributed by atoms with van der Waals surface area (Å²) >= 11 is 0. The van der Waals surface area contributed by atoms with Crippen LogP contribution in [0.2, 0.25) is 0 Å². The van der Waals surface area contributed by atoms with Crippen LogP contribution in [0.3, 0.4) is 0 Å². The lowest BCUT2D eigenvalue weighted by Crippen LogP contribution is -2.43. The minimum absolute atomic E-state index is 0.0589.